The van der Waals surface area contributed by atoms with Gasteiger partial charge in [0.05, 0.1) is 11.8 Å². The highest BCUT2D eigenvalue weighted by molar-refractivity contribution is 5.76. The number of carbonyl (C=O) groups is 2. The fraction of sp³-hybridized carbons (Fsp3) is 0.818. The van der Waals surface area contributed by atoms with Crippen molar-refractivity contribution in [2.75, 3.05) is 6.61 Å². The maximum Gasteiger partial charge on any atom is 0.396 e. The molecule has 0 saturated carbocycles. The quantitative estimate of drug-likeness (QED) is 0.681. The van der Waals surface area contributed by atoms with Gasteiger partial charge in [-0.2, -0.15) is 8.78 Å². The number of esters is 2. The largest absolute Gasteiger partial charge is 0.465 e. The lowest BCUT2D eigenvalue weighted by Gasteiger charge is -2.20. The van der Waals surface area contributed by atoms with Crippen LogP contribution in [0.4, 0.5) is 8.78 Å². The van der Waals surface area contributed by atoms with Crippen molar-refractivity contribution in [3.05, 3.63) is 0 Å². The predicted octanol–water partition coefficient (Wildman–Crippen LogP) is 2.51. The predicted molar refractivity (Wildman–Crippen MR) is 56.4 cm³/mol. The Bertz CT molecular complexity index is 282. The normalized spacial score (nSPS) is 12.1. The van der Waals surface area contributed by atoms with Crippen LogP contribution >= 0.6 is 0 Å². The molecule has 0 bridgehead atoms. The van der Waals surface area contributed by atoms with Gasteiger partial charge in [0.1, 0.15) is 6.61 Å². The third-order valence-electron chi connectivity index (χ3n) is 2.27. The van der Waals surface area contributed by atoms with E-state index in [0.29, 0.717) is 13.3 Å². The van der Waals surface area contributed by atoms with Crippen LogP contribution < -0.4 is 0 Å². The van der Waals surface area contributed by atoms with Crippen molar-refractivity contribution in [3.63, 3.8) is 0 Å². The van der Waals surface area contributed by atoms with Crippen LogP contribution in [0.2, 0.25) is 0 Å². The molecular formula is C11H18F2O4. The number of carbonyl (C=O) groups excluding carboxylic acids is 2. The van der Waals surface area contributed by atoms with Crippen molar-refractivity contribution >= 4 is 11.9 Å². The molecule has 0 spiro atoms. The summed E-state index contributed by atoms with van der Waals surface area (Å²) in [4.78, 5) is 22.3. The molecule has 0 aliphatic rings. The Morgan fingerprint density at radius 2 is 1.71 bits per heavy atom. The Morgan fingerprint density at radius 3 is 2.12 bits per heavy atom. The zero-order valence-corrected chi connectivity index (χ0v) is 10.5. The Kier molecular flexibility index (Phi) is 5.51. The number of hydrogen-bond donors (Lipinski definition) is 0. The third-order valence-corrected chi connectivity index (χ3v) is 2.27. The second-order valence-corrected chi connectivity index (χ2v) is 4.41. The fourth-order valence-electron chi connectivity index (χ4n) is 0.818. The molecule has 0 unspecified atom stereocenters. The van der Waals surface area contributed by atoms with Gasteiger partial charge in [0, 0.05) is 6.92 Å². The molecule has 0 aromatic heterocycles. The lowest BCUT2D eigenvalue weighted by molar-refractivity contribution is -0.223. The molecule has 0 radical (unpaired) electrons. The molecule has 0 N–H and O–H groups in total. The summed E-state index contributed by atoms with van der Waals surface area (Å²) >= 11 is 0. The summed E-state index contributed by atoms with van der Waals surface area (Å²) < 4.78 is 33.1. The number of ether oxygens (including phenoxy) is 2. The second kappa shape index (κ2) is 5.93. The molecule has 0 heterocycles. The number of alkyl halides is 2. The van der Waals surface area contributed by atoms with Crippen molar-refractivity contribution in [3.8, 4) is 0 Å². The van der Waals surface area contributed by atoms with Crippen LogP contribution in [0, 0.1) is 5.41 Å². The van der Waals surface area contributed by atoms with Crippen LogP contribution in [0.25, 0.3) is 0 Å². The number of hydrogen-bond acceptors (Lipinski definition) is 4. The molecule has 0 saturated heterocycles. The van der Waals surface area contributed by atoms with Gasteiger partial charge >= 0.3 is 18.0 Å². The Morgan fingerprint density at radius 1 is 1.18 bits per heavy atom. The van der Waals surface area contributed by atoms with E-state index >= 15 is 0 Å². The molecule has 100 valence electrons. The molecule has 6 heteroatoms. The maximum atomic E-state index is 12.3. The van der Waals surface area contributed by atoms with Gasteiger partial charge in [-0.3, -0.25) is 9.59 Å². The molecular weight excluding hydrogens is 234 g/mol. The Hall–Kier alpha value is -1.20. The average Bonchev–Trinajstić information content (AvgIpc) is 2.14. The average molecular weight is 252 g/mol. The van der Waals surface area contributed by atoms with E-state index in [4.69, 9.17) is 4.74 Å². The topological polar surface area (TPSA) is 52.6 Å². The monoisotopic (exact) mass is 252 g/mol. The Labute approximate surface area is 99.3 Å². The summed E-state index contributed by atoms with van der Waals surface area (Å²) in [5.41, 5.74) is -0.640. The van der Waals surface area contributed by atoms with E-state index in [9.17, 15) is 18.4 Å². The van der Waals surface area contributed by atoms with E-state index in [1.807, 2.05) is 6.92 Å². The van der Waals surface area contributed by atoms with Gasteiger partial charge in [-0.25, -0.2) is 0 Å². The zero-order valence-electron chi connectivity index (χ0n) is 10.5. The lowest BCUT2D eigenvalue weighted by atomic mass is 9.91. The van der Waals surface area contributed by atoms with Crippen LogP contribution in [0.3, 0.4) is 0 Å². The Balaban J connectivity index is 3.93. The van der Waals surface area contributed by atoms with Crippen molar-refractivity contribution in [1.82, 2.24) is 0 Å². The van der Waals surface area contributed by atoms with E-state index in [-0.39, 0.29) is 13.0 Å². The standard InChI is InChI=1S/C11H18F2O4/c1-5-10(2,3)9(15)16-7-6-8(14)17-11(4,12)13/h5-7H2,1-4H3. The lowest BCUT2D eigenvalue weighted by Crippen LogP contribution is -2.27. The minimum absolute atomic E-state index is 0.253. The highest BCUT2D eigenvalue weighted by atomic mass is 19.3. The van der Waals surface area contributed by atoms with E-state index in [1.165, 1.54) is 0 Å². The van der Waals surface area contributed by atoms with Gasteiger partial charge in [-0.05, 0) is 20.3 Å². The van der Waals surface area contributed by atoms with Gasteiger partial charge < -0.3 is 9.47 Å². The van der Waals surface area contributed by atoms with Crippen molar-refractivity contribution < 1.29 is 27.8 Å². The van der Waals surface area contributed by atoms with Crippen molar-refractivity contribution in [2.24, 2.45) is 5.41 Å². The van der Waals surface area contributed by atoms with Gasteiger partial charge in [-0.15, -0.1) is 0 Å². The van der Waals surface area contributed by atoms with Gasteiger partial charge in [0.25, 0.3) is 0 Å². The van der Waals surface area contributed by atoms with Gasteiger partial charge in [0.2, 0.25) is 0 Å². The van der Waals surface area contributed by atoms with Crippen LogP contribution in [0.15, 0.2) is 0 Å². The minimum atomic E-state index is -3.50. The van der Waals surface area contributed by atoms with Crippen LogP contribution in [0.1, 0.15) is 40.5 Å². The minimum Gasteiger partial charge on any atom is -0.465 e. The highest BCUT2D eigenvalue weighted by Gasteiger charge is 2.28. The fourth-order valence-corrected chi connectivity index (χ4v) is 0.818. The van der Waals surface area contributed by atoms with Gasteiger partial charge in [-0.1, -0.05) is 6.92 Å². The first-order valence-electron chi connectivity index (χ1n) is 5.35. The first kappa shape index (κ1) is 15.8. The van der Waals surface area contributed by atoms with E-state index in [1.54, 1.807) is 13.8 Å². The molecule has 0 amide bonds. The van der Waals surface area contributed by atoms with E-state index < -0.39 is 23.5 Å². The maximum absolute atomic E-state index is 12.3. The molecule has 0 aliphatic carbocycles. The molecule has 0 rings (SSSR count). The molecule has 0 aromatic rings. The summed E-state index contributed by atoms with van der Waals surface area (Å²) in [7, 11) is 0. The number of rotatable bonds is 6. The molecule has 4 nitrogen and oxygen atoms in total. The summed E-state index contributed by atoms with van der Waals surface area (Å²) in [5.74, 6) is -1.56. The van der Waals surface area contributed by atoms with Crippen LogP contribution in [-0.2, 0) is 19.1 Å². The summed E-state index contributed by atoms with van der Waals surface area (Å²) in [6.07, 6.45) is -3.29. The first-order valence-corrected chi connectivity index (χ1v) is 5.35. The molecule has 0 aliphatic heterocycles. The summed E-state index contributed by atoms with van der Waals surface area (Å²) in [6.45, 7) is 5.45. The van der Waals surface area contributed by atoms with Crippen molar-refractivity contribution in [1.29, 1.82) is 0 Å². The van der Waals surface area contributed by atoms with Crippen LogP contribution in [0.5, 0.6) is 0 Å². The molecule has 17 heavy (non-hydrogen) atoms. The molecule has 0 fully saturated rings. The first-order chi connectivity index (χ1) is 7.58. The summed E-state index contributed by atoms with van der Waals surface area (Å²) in [5, 5.41) is 0. The van der Waals surface area contributed by atoms with Crippen molar-refractivity contribution in [2.45, 2.75) is 46.6 Å². The van der Waals surface area contributed by atoms with E-state index in [2.05, 4.69) is 4.74 Å². The van der Waals surface area contributed by atoms with Crippen LogP contribution in [-0.4, -0.2) is 24.7 Å². The SMILES string of the molecule is CCC(C)(C)C(=O)OCCC(=O)OC(C)(F)F. The summed E-state index contributed by atoms with van der Waals surface area (Å²) in [6, 6.07) is 0. The molecule has 0 aromatic carbocycles. The number of halogens is 2. The smallest absolute Gasteiger partial charge is 0.396 e. The zero-order chi connectivity index (χ0) is 13.7. The van der Waals surface area contributed by atoms with E-state index in [0.717, 1.165) is 0 Å². The second-order valence-electron chi connectivity index (χ2n) is 4.41. The highest BCUT2D eigenvalue weighted by Crippen LogP contribution is 2.21. The van der Waals surface area contributed by atoms with Gasteiger partial charge in [0.15, 0.2) is 0 Å². The third kappa shape index (κ3) is 6.86. The molecule has 0 atom stereocenters.